The SMILES string of the molecule is CCNC(=O)c1cc(-c2c(O)cc(O)cc2Oc2ccc(N)c(Cl)c2)on1. The first-order valence-corrected chi connectivity index (χ1v) is 8.31. The van der Waals surface area contributed by atoms with Crippen LogP contribution in [0.1, 0.15) is 17.4 Å². The summed E-state index contributed by atoms with van der Waals surface area (Å²) in [4.78, 5) is 11.9. The molecule has 0 saturated heterocycles. The smallest absolute Gasteiger partial charge is 0.273 e. The number of ether oxygens (including phenoxy) is 1. The number of hydrogen-bond donors (Lipinski definition) is 4. The summed E-state index contributed by atoms with van der Waals surface area (Å²) in [7, 11) is 0. The van der Waals surface area contributed by atoms with Crippen molar-refractivity contribution in [2.75, 3.05) is 12.3 Å². The van der Waals surface area contributed by atoms with Crippen molar-refractivity contribution in [3.63, 3.8) is 0 Å². The Bertz CT molecular complexity index is 1000. The van der Waals surface area contributed by atoms with Gasteiger partial charge in [0, 0.05) is 30.8 Å². The van der Waals surface area contributed by atoms with E-state index < -0.39 is 5.91 Å². The number of benzene rings is 2. The number of carbonyl (C=O) groups excluding carboxylic acids is 1. The van der Waals surface area contributed by atoms with Crippen LogP contribution in [0.3, 0.4) is 0 Å². The second kappa shape index (κ2) is 7.46. The summed E-state index contributed by atoms with van der Waals surface area (Å²) in [5.41, 5.74) is 6.21. The minimum atomic E-state index is -0.418. The monoisotopic (exact) mass is 389 g/mol. The lowest BCUT2D eigenvalue weighted by Crippen LogP contribution is -2.22. The highest BCUT2D eigenvalue weighted by atomic mass is 35.5. The van der Waals surface area contributed by atoms with Gasteiger partial charge in [-0.25, -0.2) is 0 Å². The fourth-order valence-corrected chi connectivity index (χ4v) is 2.53. The van der Waals surface area contributed by atoms with Crippen molar-refractivity contribution >= 4 is 23.2 Å². The van der Waals surface area contributed by atoms with Crippen molar-refractivity contribution in [1.29, 1.82) is 0 Å². The highest BCUT2D eigenvalue weighted by molar-refractivity contribution is 6.33. The van der Waals surface area contributed by atoms with Crippen LogP contribution in [-0.2, 0) is 0 Å². The first-order valence-electron chi connectivity index (χ1n) is 7.93. The van der Waals surface area contributed by atoms with Crippen LogP contribution in [0.25, 0.3) is 11.3 Å². The molecule has 0 aliphatic rings. The molecule has 0 bridgehead atoms. The summed E-state index contributed by atoms with van der Waals surface area (Å²) >= 11 is 5.99. The van der Waals surface area contributed by atoms with Crippen molar-refractivity contribution < 1.29 is 24.3 Å². The third-order valence-corrected chi connectivity index (χ3v) is 3.92. The summed E-state index contributed by atoms with van der Waals surface area (Å²) in [5.74, 6) is -0.471. The number of nitrogens with one attached hydrogen (secondary N) is 1. The van der Waals surface area contributed by atoms with Crippen LogP contribution in [0.4, 0.5) is 5.69 Å². The Hall–Kier alpha value is -3.39. The van der Waals surface area contributed by atoms with Crippen molar-refractivity contribution in [2.24, 2.45) is 0 Å². The molecule has 1 aromatic heterocycles. The second-order valence-electron chi connectivity index (χ2n) is 5.56. The molecule has 1 amide bonds. The highest BCUT2D eigenvalue weighted by Gasteiger charge is 2.21. The van der Waals surface area contributed by atoms with Crippen LogP contribution < -0.4 is 15.8 Å². The van der Waals surface area contributed by atoms with Gasteiger partial charge < -0.3 is 30.5 Å². The van der Waals surface area contributed by atoms with Crippen molar-refractivity contribution in [3.8, 4) is 34.3 Å². The lowest BCUT2D eigenvalue weighted by molar-refractivity contribution is 0.0947. The van der Waals surface area contributed by atoms with Gasteiger partial charge in [-0.05, 0) is 19.1 Å². The molecule has 8 nitrogen and oxygen atoms in total. The zero-order chi connectivity index (χ0) is 19.6. The number of aromatic nitrogens is 1. The Morgan fingerprint density at radius 2 is 2.07 bits per heavy atom. The number of hydrogen-bond acceptors (Lipinski definition) is 7. The van der Waals surface area contributed by atoms with E-state index >= 15 is 0 Å². The van der Waals surface area contributed by atoms with Crippen LogP contribution >= 0.6 is 11.6 Å². The number of halogens is 1. The minimum Gasteiger partial charge on any atom is -0.508 e. The number of nitrogens with two attached hydrogens (primary N) is 1. The second-order valence-corrected chi connectivity index (χ2v) is 5.97. The molecule has 0 unspecified atom stereocenters. The molecule has 0 atom stereocenters. The van der Waals surface area contributed by atoms with Crippen LogP contribution in [-0.4, -0.2) is 27.8 Å². The number of aromatic hydroxyl groups is 2. The number of nitrogens with zero attached hydrogens (tertiary/aromatic N) is 1. The van der Waals surface area contributed by atoms with Gasteiger partial charge >= 0.3 is 0 Å². The fraction of sp³-hybridized carbons (Fsp3) is 0.111. The zero-order valence-corrected chi connectivity index (χ0v) is 14.9. The number of phenols is 2. The van der Waals surface area contributed by atoms with E-state index in [2.05, 4.69) is 10.5 Å². The van der Waals surface area contributed by atoms with E-state index in [0.29, 0.717) is 18.0 Å². The highest BCUT2D eigenvalue weighted by Crippen LogP contribution is 2.43. The van der Waals surface area contributed by atoms with Gasteiger partial charge in [0.15, 0.2) is 11.5 Å². The summed E-state index contributed by atoms with van der Waals surface area (Å²) < 4.78 is 10.9. The molecule has 2 aromatic carbocycles. The van der Waals surface area contributed by atoms with Crippen LogP contribution in [0.5, 0.6) is 23.0 Å². The van der Waals surface area contributed by atoms with Gasteiger partial charge in [-0.1, -0.05) is 16.8 Å². The Labute approximate surface area is 159 Å². The summed E-state index contributed by atoms with van der Waals surface area (Å²) in [6.07, 6.45) is 0. The Kier molecular flexibility index (Phi) is 5.09. The maximum Gasteiger partial charge on any atom is 0.273 e. The molecule has 140 valence electrons. The molecule has 5 N–H and O–H groups in total. The van der Waals surface area contributed by atoms with E-state index in [0.717, 1.165) is 6.07 Å². The third-order valence-electron chi connectivity index (χ3n) is 3.59. The van der Waals surface area contributed by atoms with Gasteiger partial charge in [0.25, 0.3) is 5.91 Å². The summed E-state index contributed by atoms with van der Waals surface area (Å²) in [6.45, 7) is 2.20. The molecule has 27 heavy (non-hydrogen) atoms. The summed E-state index contributed by atoms with van der Waals surface area (Å²) in [6, 6.07) is 8.39. The normalized spacial score (nSPS) is 10.6. The predicted octanol–water partition coefficient (Wildman–Crippen LogP) is 3.53. The number of anilines is 1. The Morgan fingerprint density at radius 3 is 2.78 bits per heavy atom. The van der Waals surface area contributed by atoms with E-state index in [1.807, 2.05) is 0 Å². The van der Waals surface area contributed by atoms with Gasteiger partial charge in [0.1, 0.15) is 28.6 Å². The van der Waals surface area contributed by atoms with Crippen LogP contribution in [0.15, 0.2) is 40.9 Å². The van der Waals surface area contributed by atoms with Crippen molar-refractivity contribution in [2.45, 2.75) is 6.92 Å². The first-order chi connectivity index (χ1) is 12.9. The standard InChI is InChI=1S/C18H16ClN3O5/c1-2-21-18(25)13-8-16(27-22-13)17-14(24)5-9(23)6-15(17)26-10-3-4-12(20)11(19)7-10/h3-8,23-24H,2,20H2,1H3,(H,21,25). The van der Waals surface area contributed by atoms with E-state index in [-0.39, 0.29) is 39.3 Å². The zero-order valence-electron chi connectivity index (χ0n) is 14.2. The molecule has 0 fully saturated rings. The van der Waals surface area contributed by atoms with E-state index in [1.165, 1.54) is 18.2 Å². The van der Waals surface area contributed by atoms with Crippen molar-refractivity contribution in [3.05, 3.63) is 47.1 Å². The van der Waals surface area contributed by atoms with Gasteiger partial charge in [0.05, 0.1) is 10.7 Å². The van der Waals surface area contributed by atoms with E-state index in [9.17, 15) is 15.0 Å². The molecular formula is C18H16ClN3O5. The molecule has 0 spiro atoms. The average Bonchev–Trinajstić information content (AvgIpc) is 3.07. The van der Waals surface area contributed by atoms with Gasteiger partial charge in [-0.2, -0.15) is 0 Å². The lowest BCUT2D eigenvalue weighted by Gasteiger charge is -2.12. The number of rotatable bonds is 5. The lowest BCUT2D eigenvalue weighted by atomic mass is 10.1. The molecule has 3 rings (SSSR count). The first kappa shape index (κ1) is 18.4. The maximum atomic E-state index is 11.9. The average molecular weight is 390 g/mol. The number of amides is 1. The van der Waals surface area contributed by atoms with Crippen LogP contribution in [0, 0.1) is 0 Å². The maximum absolute atomic E-state index is 11.9. The summed E-state index contributed by atoms with van der Waals surface area (Å²) in [5, 5.41) is 26.7. The largest absolute Gasteiger partial charge is 0.508 e. The third kappa shape index (κ3) is 3.90. The van der Waals surface area contributed by atoms with E-state index in [1.54, 1.807) is 19.1 Å². The van der Waals surface area contributed by atoms with E-state index in [4.69, 9.17) is 26.6 Å². The van der Waals surface area contributed by atoms with Gasteiger partial charge in [-0.3, -0.25) is 4.79 Å². The molecule has 0 aliphatic heterocycles. The number of phenolic OH excluding ortho intramolecular Hbond substituents is 2. The topological polar surface area (TPSA) is 131 Å². The van der Waals surface area contributed by atoms with Gasteiger partial charge in [-0.15, -0.1) is 0 Å². The predicted molar refractivity (Wildman–Crippen MR) is 99.2 cm³/mol. The molecular weight excluding hydrogens is 374 g/mol. The molecule has 0 radical (unpaired) electrons. The fourth-order valence-electron chi connectivity index (χ4n) is 2.36. The number of nitrogen functional groups attached to an aromatic ring is 1. The molecule has 0 saturated carbocycles. The molecule has 3 aromatic rings. The number of carbonyl (C=O) groups is 1. The Balaban J connectivity index is 2.02. The van der Waals surface area contributed by atoms with Crippen molar-refractivity contribution in [1.82, 2.24) is 10.5 Å². The molecule has 1 heterocycles. The van der Waals surface area contributed by atoms with Crippen LogP contribution in [0.2, 0.25) is 5.02 Å². The minimum absolute atomic E-state index is 0.0424. The molecule has 9 heteroatoms. The molecule has 0 aliphatic carbocycles. The van der Waals surface area contributed by atoms with Gasteiger partial charge in [0.2, 0.25) is 0 Å². The quantitative estimate of drug-likeness (QED) is 0.491. The Morgan fingerprint density at radius 1 is 1.30 bits per heavy atom.